The van der Waals surface area contributed by atoms with Gasteiger partial charge in [-0.1, -0.05) is 65.7 Å². The highest BCUT2D eigenvalue weighted by Crippen LogP contribution is 2.38. The van der Waals surface area contributed by atoms with Crippen molar-refractivity contribution in [2.45, 2.75) is 18.9 Å². The molecule has 0 radical (unpaired) electrons. The number of carbonyl (C=O) groups is 2. The fraction of sp³-hybridized carbons (Fsp3) is 0.231. The molecule has 6 nitrogen and oxygen atoms in total. The lowest BCUT2D eigenvalue weighted by Gasteiger charge is -2.21. The summed E-state index contributed by atoms with van der Waals surface area (Å²) in [4.78, 5) is 25.6. The van der Waals surface area contributed by atoms with Crippen molar-refractivity contribution in [2.24, 2.45) is 0 Å². The monoisotopic (exact) mass is 498 g/mol. The average molecular weight is 499 g/mol. The fourth-order valence-electron chi connectivity index (χ4n) is 3.73. The van der Waals surface area contributed by atoms with Gasteiger partial charge in [-0.2, -0.15) is 0 Å². The molecule has 0 bridgehead atoms. The van der Waals surface area contributed by atoms with Crippen LogP contribution in [0.1, 0.15) is 33.9 Å². The molecule has 0 aromatic heterocycles. The van der Waals surface area contributed by atoms with Gasteiger partial charge >= 0.3 is 0 Å². The zero-order chi connectivity index (χ0) is 23.9. The molecule has 0 unspecified atom stereocenters. The highest BCUT2D eigenvalue weighted by molar-refractivity contribution is 6.33. The minimum Gasteiger partial charge on any atom is -0.486 e. The normalized spacial score (nSPS) is 13.1. The van der Waals surface area contributed by atoms with Crippen LogP contribution in [0.4, 0.5) is 0 Å². The molecule has 8 heteroatoms. The van der Waals surface area contributed by atoms with Crippen molar-refractivity contribution in [1.29, 1.82) is 0 Å². The first-order valence-electron chi connectivity index (χ1n) is 11.0. The van der Waals surface area contributed by atoms with E-state index in [1.807, 2.05) is 42.5 Å². The SMILES string of the molecule is O=C(C[C@@H](NC(=O)c1ccccc1Cl)c1ccccc1)NCCc1cc(Cl)c2c(c1)OCCO2. The summed E-state index contributed by atoms with van der Waals surface area (Å²) >= 11 is 12.5. The van der Waals surface area contributed by atoms with Crippen LogP contribution in [0, 0.1) is 0 Å². The largest absolute Gasteiger partial charge is 0.486 e. The number of ether oxygens (including phenoxy) is 2. The molecule has 3 aromatic carbocycles. The van der Waals surface area contributed by atoms with E-state index in [0.29, 0.717) is 53.3 Å². The molecule has 1 heterocycles. The van der Waals surface area contributed by atoms with E-state index >= 15 is 0 Å². The van der Waals surface area contributed by atoms with Gasteiger partial charge in [0.1, 0.15) is 13.2 Å². The molecule has 3 aromatic rings. The van der Waals surface area contributed by atoms with Crippen molar-refractivity contribution in [3.63, 3.8) is 0 Å². The van der Waals surface area contributed by atoms with E-state index in [1.165, 1.54) is 0 Å². The zero-order valence-electron chi connectivity index (χ0n) is 18.4. The molecule has 4 rings (SSSR count). The number of amides is 2. The van der Waals surface area contributed by atoms with Crippen molar-refractivity contribution in [3.8, 4) is 11.5 Å². The van der Waals surface area contributed by atoms with Crippen LogP contribution < -0.4 is 20.1 Å². The minimum absolute atomic E-state index is 0.0854. The summed E-state index contributed by atoms with van der Waals surface area (Å²) in [5, 5.41) is 6.71. The van der Waals surface area contributed by atoms with Gasteiger partial charge in [-0.25, -0.2) is 0 Å². The van der Waals surface area contributed by atoms with Crippen LogP contribution in [0.2, 0.25) is 10.0 Å². The Bertz CT molecular complexity index is 1170. The van der Waals surface area contributed by atoms with Gasteiger partial charge in [0.25, 0.3) is 5.91 Å². The van der Waals surface area contributed by atoms with Gasteiger partial charge in [0.15, 0.2) is 11.5 Å². The number of benzene rings is 3. The molecule has 1 aliphatic heterocycles. The topological polar surface area (TPSA) is 76.7 Å². The van der Waals surface area contributed by atoms with Crippen LogP contribution >= 0.6 is 23.2 Å². The van der Waals surface area contributed by atoms with Crippen molar-refractivity contribution >= 4 is 35.0 Å². The summed E-state index contributed by atoms with van der Waals surface area (Å²) in [6.07, 6.45) is 0.659. The first-order valence-corrected chi connectivity index (χ1v) is 11.7. The first kappa shape index (κ1) is 23.9. The third-order valence-corrected chi connectivity index (χ3v) is 6.02. The molecule has 2 N–H and O–H groups in total. The van der Waals surface area contributed by atoms with Gasteiger partial charge < -0.3 is 20.1 Å². The van der Waals surface area contributed by atoms with Crippen LogP contribution in [-0.4, -0.2) is 31.6 Å². The van der Waals surface area contributed by atoms with E-state index in [9.17, 15) is 9.59 Å². The van der Waals surface area contributed by atoms with Crippen molar-refractivity contribution in [2.75, 3.05) is 19.8 Å². The predicted molar refractivity (Wildman–Crippen MR) is 132 cm³/mol. The Balaban J connectivity index is 1.38. The van der Waals surface area contributed by atoms with Crippen molar-refractivity contribution < 1.29 is 19.1 Å². The van der Waals surface area contributed by atoms with Crippen LogP contribution in [0.5, 0.6) is 11.5 Å². The van der Waals surface area contributed by atoms with Crippen LogP contribution in [0.3, 0.4) is 0 Å². The van der Waals surface area contributed by atoms with E-state index in [2.05, 4.69) is 10.6 Å². The standard InChI is InChI=1S/C26H24Cl2N2O4/c27-20-9-5-4-8-19(20)26(32)30-22(18-6-2-1-3-7-18)16-24(31)29-11-10-17-14-21(28)25-23(15-17)33-12-13-34-25/h1-9,14-15,22H,10-13,16H2,(H,29,31)(H,30,32)/t22-/m1/s1. The molecule has 0 saturated heterocycles. The Morgan fingerprint density at radius 1 is 0.912 bits per heavy atom. The summed E-state index contributed by atoms with van der Waals surface area (Å²) in [7, 11) is 0. The predicted octanol–water partition coefficient (Wildman–Crippen LogP) is 4.98. The van der Waals surface area contributed by atoms with E-state index in [4.69, 9.17) is 32.7 Å². The molecule has 34 heavy (non-hydrogen) atoms. The summed E-state index contributed by atoms with van der Waals surface area (Å²) in [6.45, 7) is 1.36. The van der Waals surface area contributed by atoms with Crippen LogP contribution in [0.15, 0.2) is 66.7 Å². The minimum atomic E-state index is -0.506. The Morgan fingerprint density at radius 2 is 1.65 bits per heavy atom. The van der Waals surface area contributed by atoms with Gasteiger partial charge in [0.05, 0.1) is 28.1 Å². The average Bonchev–Trinajstić information content (AvgIpc) is 2.84. The second-order valence-corrected chi connectivity index (χ2v) is 8.64. The second-order valence-electron chi connectivity index (χ2n) is 7.82. The van der Waals surface area contributed by atoms with Gasteiger partial charge in [-0.15, -0.1) is 0 Å². The Kier molecular flexibility index (Phi) is 7.93. The zero-order valence-corrected chi connectivity index (χ0v) is 19.9. The third kappa shape index (κ3) is 6.01. The quantitative estimate of drug-likeness (QED) is 0.458. The van der Waals surface area contributed by atoms with Crippen molar-refractivity contribution in [1.82, 2.24) is 10.6 Å². The summed E-state index contributed by atoms with van der Waals surface area (Å²) in [5.74, 6) is 0.655. The number of hydrogen-bond donors (Lipinski definition) is 2. The van der Waals surface area contributed by atoms with E-state index in [1.54, 1.807) is 24.3 Å². The second kappa shape index (κ2) is 11.3. The molecule has 0 fully saturated rings. The summed E-state index contributed by atoms with van der Waals surface area (Å²) in [5.41, 5.74) is 2.12. The highest BCUT2D eigenvalue weighted by Gasteiger charge is 2.21. The number of nitrogens with one attached hydrogen (secondary N) is 2. The summed E-state index contributed by atoms with van der Waals surface area (Å²) in [6, 6.07) is 19.4. The molecule has 0 saturated carbocycles. The van der Waals surface area contributed by atoms with Crippen molar-refractivity contribution in [3.05, 3.63) is 93.5 Å². The third-order valence-electron chi connectivity index (χ3n) is 5.41. The Labute approximate surface area is 208 Å². The Hall–Kier alpha value is -3.22. The van der Waals surface area contributed by atoms with Gasteiger partial charge in [0.2, 0.25) is 5.91 Å². The molecule has 0 spiro atoms. The maximum atomic E-state index is 12.8. The molecule has 1 atom stereocenters. The van der Waals surface area contributed by atoms with Crippen LogP contribution in [-0.2, 0) is 11.2 Å². The first-order chi connectivity index (χ1) is 16.5. The van der Waals surface area contributed by atoms with E-state index in [-0.39, 0.29) is 18.2 Å². The Morgan fingerprint density at radius 3 is 2.44 bits per heavy atom. The van der Waals surface area contributed by atoms with Gasteiger partial charge in [0, 0.05) is 6.54 Å². The highest BCUT2D eigenvalue weighted by atomic mass is 35.5. The lowest BCUT2D eigenvalue weighted by Crippen LogP contribution is -2.34. The lowest BCUT2D eigenvalue weighted by molar-refractivity contribution is -0.121. The van der Waals surface area contributed by atoms with Gasteiger partial charge in [-0.3, -0.25) is 9.59 Å². The van der Waals surface area contributed by atoms with Gasteiger partial charge in [-0.05, 0) is 41.8 Å². The number of hydrogen-bond acceptors (Lipinski definition) is 4. The lowest BCUT2D eigenvalue weighted by atomic mass is 10.0. The number of rotatable bonds is 8. The maximum absolute atomic E-state index is 12.8. The van der Waals surface area contributed by atoms with E-state index < -0.39 is 6.04 Å². The summed E-state index contributed by atoms with van der Waals surface area (Å²) < 4.78 is 11.1. The molecule has 1 aliphatic rings. The van der Waals surface area contributed by atoms with E-state index in [0.717, 1.165) is 11.1 Å². The number of fused-ring (bicyclic) bond motifs is 1. The maximum Gasteiger partial charge on any atom is 0.253 e. The van der Waals surface area contributed by atoms with Crippen LogP contribution in [0.25, 0.3) is 0 Å². The fourth-order valence-corrected chi connectivity index (χ4v) is 4.24. The molecular weight excluding hydrogens is 475 g/mol. The number of halogens is 2. The smallest absolute Gasteiger partial charge is 0.253 e. The molecule has 2 amide bonds. The molecule has 0 aliphatic carbocycles. The molecular formula is C26H24Cl2N2O4. The molecule has 176 valence electrons. The number of carbonyl (C=O) groups excluding carboxylic acids is 2.